The highest BCUT2D eigenvalue weighted by molar-refractivity contribution is 7.99. The van der Waals surface area contributed by atoms with E-state index in [-0.39, 0.29) is 17.1 Å². The summed E-state index contributed by atoms with van der Waals surface area (Å²) in [5.74, 6) is -0.737. The fraction of sp³-hybridized carbons (Fsp3) is 0.143. The molecule has 0 fully saturated rings. The molecular formula is C14H11N5O3S2. The van der Waals surface area contributed by atoms with Crippen molar-refractivity contribution >= 4 is 34.9 Å². The van der Waals surface area contributed by atoms with Crippen LogP contribution in [0.2, 0.25) is 0 Å². The molecule has 0 spiro atoms. The van der Waals surface area contributed by atoms with Crippen LogP contribution in [0.1, 0.15) is 15.4 Å². The standard InChI is InChI=1S/C14H11N5O3S2/c20-11(7-12-15-5-6-23-12)8-24-14-16-17-18-19(14)10-3-1-9(2-4-10)13(21)22/h1-6H,7-8H2,(H,21,22). The topological polar surface area (TPSA) is 111 Å². The van der Waals surface area contributed by atoms with Gasteiger partial charge in [-0.05, 0) is 34.7 Å². The number of carboxylic acids is 1. The number of hydrogen-bond donors (Lipinski definition) is 1. The Morgan fingerprint density at radius 3 is 2.71 bits per heavy atom. The van der Waals surface area contributed by atoms with Crippen LogP contribution in [0.5, 0.6) is 0 Å². The third-order valence-electron chi connectivity index (χ3n) is 2.99. The predicted molar refractivity (Wildman–Crippen MR) is 87.7 cm³/mol. The number of benzene rings is 1. The summed E-state index contributed by atoms with van der Waals surface area (Å²) in [5.41, 5.74) is 0.805. The number of Topliss-reactive ketones (excluding diaryl/α,β-unsaturated/α-hetero) is 1. The van der Waals surface area contributed by atoms with Gasteiger partial charge in [-0.25, -0.2) is 9.78 Å². The predicted octanol–water partition coefficient (Wildman–Crippen LogP) is 1.72. The molecule has 3 aromatic rings. The largest absolute Gasteiger partial charge is 0.478 e. The summed E-state index contributed by atoms with van der Waals surface area (Å²) in [4.78, 5) is 26.9. The molecule has 8 nitrogen and oxygen atoms in total. The van der Waals surface area contributed by atoms with Gasteiger partial charge < -0.3 is 5.11 Å². The molecule has 0 saturated heterocycles. The Balaban J connectivity index is 1.66. The van der Waals surface area contributed by atoms with Crippen molar-refractivity contribution in [3.8, 4) is 5.69 Å². The number of carboxylic acid groups (broad SMARTS) is 1. The van der Waals surface area contributed by atoms with E-state index in [1.165, 1.54) is 39.9 Å². The number of aromatic nitrogens is 5. The molecule has 0 aliphatic rings. The van der Waals surface area contributed by atoms with Gasteiger partial charge in [-0.15, -0.1) is 16.4 Å². The molecule has 10 heteroatoms. The molecule has 0 aliphatic heterocycles. The smallest absolute Gasteiger partial charge is 0.335 e. The summed E-state index contributed by atoms with van der Waals surface area (Å²) in [7, 11) is 0. The van der Waals surface area contributed by atoms with Gasteiger partial charge >= 0.3 is 5.97 Å². The van der Waals surface area contributed by atoms with Gasteiger partial charge in [0, 0.05) is 11.6 Å². The number of nitrogens with zero attached hydrogens (tertiary/aromatic N) is 5. The molecule has 1 aromatic carbocycles. The summed E-state index contributed by atoms with van der Waals surface area (Å²) in [6.45, 7) is 0. The van der Waals surface area contributed by atoms with E-state index < -0.39 is 5.97 Å². The number of aromatic carboxylic acids is 1. The van der Waals surface area contributed by atoms with Crippen molar-refractivity contribution in [2.75, 3.05) is 5.75 Å². The van der Waals surface area contributed by atoms with E-state index >= 15 is 0 Å². The summed E-state index contributed by atoms with van der Waals surface area (Å²) < 4.78 is 1.47. The monoisotopic (exact) mass is 361 g/mol. The fourth-order valence-electron chi connectivity index (χ4n) is 1.88. The zero-order chi connectivity index (χ0) is 16.9. The highest BCUT2D eigenvalue weighted by atomic mass is 32.2. The van der Waals surface area contributed by atoms with Crippen molar-refractivity contribution in [3.05, 3.63) is 46.4 Å². The molecular weight excluding hydrogens is 350 g/mol. The van der Waals surface area contributed by atoms with E-state index in [0.29, 0.717) is 17.3 Å². The van der Waals surface area contributed by atoms with Crippen molar-refractivity contribution in [2.24, 2.45) is 0 Å². The van der Waals surface area contributed by atoms with Crippen LogP contribution >= 0.6 is 23.1 Å². The number of tetrazole rings is 1. The molecule has 0 amide bonds. The van der Waals surface area contributed by atoms with E-state index in [4.69, 9.17) is 5.11 Å². The zero-order valence-electron chi connectivity index (χ0n) is 12.2. The Bertz CT molecular complexity index is 846. The highest BCUT2D eigenvalue weighted by Gasteiger charge is 2.13. The summed E-state index contributed by atoms with van der Waals surface area (Å²) in [6.07, 6.45) is 1.96. The van der Waals surface area contributed by atoms with Gasteiger partial charge in [0.1, 0.15) is 5.78 Å². The van der Waals surface area contributed by atoms with Gasteiger partial charge in [-0.3, -0.25) is 4.79 Å². The van der Waals surface area contributed by atoms with Gasteiger partial charge in [-0.2, -0.15) is 4.68 Å². The van der Waals surface area contributed by atoms with Crippen LogP contribution in [0, 0.1) is 0 Å². The van der Waals surface area contributed by atoms with Crippen molar-refractivity contribution < 1.29 is 14.7 Å². The second kappa shape index (κ2) is 7.32. The SMILES string of the molecule is O=C(CSc1nnnn1-c1ccc(C(=O)O)cc1)Cc1nccs1. The molecule has 122 valence electrons. The van der Waals surface area contributed by atoms with E-state index in [0.717, 1.165) is 5.01 Å². The molecule has 3 rings (SSSR count). The summed E-state index contributed by atoms with van der Waals surface area (Å²) >= 11 is 2.67. The molecule has 0 saturated carbocycles. The lowest BCUT2D eigenvalue weighted by atomic mass is 10.2. The first-order valence-corrected chi connectivity index (χ1v) is 8.65. The summed E-state index contributed by atoms with van der Waals surface area (Å²) in [5, 5.41) is 23.4. The molecule has 2 aromatic heterocycles. The first-order chi connectivity index (χ1) is 11.6. The van der Waals surface area contributed by atoms with Gasteiger partial charge in [0.05, 0.1) is 28.4 Å². The zero-order valence-corrected chi connectivity index (χ0v) is 13.8. The maximum absolute atomic E-state index is 12.0. The molecule has 0 unspecified atom stereocenters. The molecule has 24 heavy (non-hydrogen) atoms. The van der Waals surface area contributed by atoms with E-state index in [1.807, 2.05) is 5.38 Å². The highest BCUT2D eigenvalue weighted by Crippen LogP contribution is 2.19. The van der Waals surface area contributed by atoms with Gasteiger partial charge in [0.15, 0.2) is 0 Å². The molecule has 0 radical (unpaired) electrons. The average molecular weight is 361 g/mol. The minimum Gasteiger partial charge on any atom is -0.478 e. The second-order valence-electron chi connectivity index (χ2n) is 4.66. The molecule has 0 atom stereocenters. The minimum absolute atomic E-state index is 0.0331. The van der Waals surface area contributed by atoms with Crippen LogP contribution in [-0.4, -0.2) is 47.8 Å². The quantitative estimate of drug-likeness (QED) is 0.633. The average Bonchev–Trinajstić information content (AvgIpc) is 3.24. The number of carbonyl (C=O) groups is 2. The Hall–Kier alpha value is -2.59. The molecule has 1 N–H and O–H groups in total. The Morgan fingerprint density at radius 2 is 2.04 bits per heavy atom. The lowest BCUT2D eigenvalue weighted by Crippen LogP contribution is -2.07. The first kappa shape index (κ1) is 16.3. The second-order valence-corrected chi connectivity index (χ2v) is 6.58. The summed E-state index contributed by atoms with van der Waals surface area (Å²) in [6, 6.07) is 6.17. The number of carbonyl (C=O) groups excluding carboxylic acids is 1. The Labute approximate surface area is 144 Å². The maximum Gasteiger partial charge on any atom is 0.335 e. The maximum atomic E-state index is 12.0. The van der Waals surface area contributed by atoms with Gasteiger partial charge in [-0.1, -0.05) is 11.8 Å². The van der Waals surface area contributed by atoms with Crippen molar-refractivity contribution in [1.29, 1.82) is 0 Å². The van der Waals surface area contributed by atoms with E-state index in [2.05, 4.69) is 20.5 Å². The number of thiazole rings is 1. The van der Waals surface area contributed by atoms with Crippen molar-refractivity contribution in [1.82, 2.24) is 25.2 Å². The van der Waals surface area contributed by atoms with E-state index in [1.54, 1.807) is 18.3 Å². The minimum atomic E-state index is -0.999. The van der Waals surface area contributed by atoms with Crippen LogP contribution in [0.25, 0.3) is 5.69 Å². The third-order valence-corrected chi connectivity index (χ3v) is 4.75. The van der Waals surface area contributed by atoms with Gasteiger partial charge in [0.25, 0.3) is 0 Å². The number of thioether (sulfide) groups is 1. The lowest BCUT2D eigenvalue weighted by Gasteiger charge is -2.04. The number of hydrogen-bond acceptors (Lipinski definition) is 8. The van der Waals surface area contributed by atoms with Gasteiger partial charge in [0.2, 0.25) is 5.16 Å². The first-order valence-electron chi connectivity index (χ1n) is 6.78. The van der Waals surface area contributed by atoms with Crippen LogP contribution in [0.3, 0.4) is 0 Å². The lowest BCUT2D eigenvalue weighted by molar-refractivity contribution is -0.116. The molecule has 2 heterocycles. The van der Waals surface area contributed by atoms with Crippen LogP contribution < -0.4 is 0 Å². The number of ketones is 1. The normalized spacial score (nSPS) is 10.7. The van der Waals surface area contributed by atoms with Crippen molar-refractivity contribution in [2.45, 2.75) is 11.6 Å². The van der Waals surface area contributed by atoms with Crippen LogP contribution in [-0.2, 0) is 11.2 Å². The molecule has 0 aliphatic carbocycles. The Morgan fingerprint density at radius 1 is 1.25 bits per heavy atom. The Kier molecular flexibility index (Phi) is 4.96. The molecule has 0 bridgehead atoms. The van der Waals surface area contributed by atoms with E-state index in [9.17, 15) is 9.59 Å². The fourth-order valence-corrected chi connectivity index (χ4v) is 3.28. The van der Waals surface area contributed by atoms with Crippen LogP contribution in [0.4, 0.5) is 0 Å². The van der Waals surface area contributed by atoms with Crippen molar-refractivity contribution in [3.63, 3.8) is 0 Å². The third kappa shape index (κ3) is 3.84. The van der Waals surface area contributed by atoms with Crippen LogP contribution in [0.15, 0.2) is 41.0 Å². The number of rotatable bonds is 7.